The molecular weight excluding hydrogens is 286 g/mol. The second-order valence-electron chi connectivity index (χ2n) is 5.60. The maximum atomic E-state index is 12.0. The van der Waals surface area contributed by atoms with E-state index in [-0.39, 0.29) is 11.8 Å². The molecule has 0 saturated heterocycles. The Kier molecular flexibility index (Phi) is 3.49. The van der Waals surface area contributed by atoms with E-state index < -0.39 is 0 Å². The number of hydrogen-bond donors (Lipinski definition) is 1. The summed E-state index contributed by atoms with van der Waals surface area (Å²) in [6.45, 7) is 5.19. The van der Waals surface area contributed by atoms with Crippen LogP contribution in [0.3, 0.4) is 0 Å². The summed E-state index contributed by atoms with van der Waals surface area (Å²) in [5, 5.41) is 4.61. The maximum Gasteiger partial charge on any atom is 0.261 e. The van der Waals surface area contributed by atoms with Crippen LogP contribution >= 0.6 is 11.8 Å². The summed E-state index contributed by atoms with van der Waals surface area (Å²) in [7, 11) is 1.50. The zero-order valence-corrected chi connectivity index (χ0v) is 13.0. The summed E-state index contributed by atoms with van der Waals surface area (Å²) >= 11 is 1.73. The van der Waals surface area contributed by atoms with Gasteiger partial charge >= 0.3 is 0 Å². The average molecular weight is 303 g/mol. The quantitative estimate of drug-likeness (QED) is 0.853. The lowest BCUT2D eigenvalue weighted by molar-refractivity contribution is 0.0693. The average Bonchev–Trinajstić information content (AvgIpc) is 3.00. The zero-order valence-electron chi connectivity index (χ0n) is 12.2. The largest absolute Gasteiger partial charge is 0.335 e. The van der Waals surface area contributed by atoms with Crippen molar-refractivity contribution in [1.82, 2.24) is 4.90 Å². The normalized spacial score (nSPS) is 21.0. The van der Waals surface area contributed by atoms with Crippen LogP contribution in [0.2, 0.25) is 0 Å². The molecule has 2 amide bonds. The van der Waals surface area contributed by atoms with E-state index in [0.717, 1.165) is 22.3 Å². The van der Waals surface area contributed by atoms with Crippen molar-refractivity contribution in [3.8, 4) is 0 Å². The van der Waals surface area contributed by atoms with Gasteiger partial charge in [0, 0.05) is 18.0 Å². The molecule has 1 aromatic carbocycles. The molecule has 110 valence electrons. The van der Waals surface area contributed by atoms with Crippen LogP contribution in [-0.2, 0) is 0 Å². The van der Waals surface area contributed by atoms with Crippen LogP contribution in [0.4, 0.5) is 5.69 Å². The van der Waals surface area contributed by atoms with Crippen LogP contribution in [-0.4, -0.2) is 40.7 Å². The lowest BCUT2D eigenvalue weighted by Gasteiger charge is -2.12. The van der Waals surface area contributed by atoms with Crippen molar-refractivity contribution < 1.29 is 9.59 Å². The van der Waals surface area contributed by atoms with Gasteiger partial charge in [-0.2, -0.15) is 0 Å². The SMILES string of the molecule is CC(C)C1CN=C(Nc2ccc3c(c2)C(=O)N(C)C3=O)S1. The summed E-state index contributed by atoms with van der Waals surface area (Å²) in [5.74, 6) is 0.0830. The molecule has 5 nitrogen and oxygen atoms in total. The van der Waals surface area contributed by atoms with Crippen LogP contribution in [0.5, 0.6) is 0 Å². The first-order valence-corrected chi connectivity index (χ1v) is 7.80. The molecule has 0 radical (unpaired) electrons. The molecule has 6 heteroatoms. The Hall–Kier alpha value is -1.82. The van der Waals surface area contributed by atoms with Crippen LogP contribution in [0, 0.1) is 5.92 Å². The van der Waals surface area contributed by atoms with Gasteiger partial charge in [0.05, 0.1) is 17.7 Å². The number of carbonyl (C=O) groups is 2. The van der Waals surface area contributed by atoms with Gasteiger partial charge in [-0.1, -0.05) is 25.6 Å². The fraction of sp³-hybridized carbons (Fsp3) is 0.400. The molecule has 1 N–H and O–H groups in total. The third-order valence-electron chi connectivity index (χ3n) is 3.76. The molecule has 1 aromatic rings. The minimum absolute atomic E-state index is 0.242. The van der Waals surface area contributed by atoms with E-state index in [9.17, 15) is 9.59 Å². The Labute approximate surface area is 127 Å². The molecule has 1 atom stereocenters. The summed E-state index contributed by atoms with van der Waals surface area (Å²) in [6.07, 6.45) is 0. The predicted octanol–water partition coefficient (Wildman–Crippen LogP) is 2.45. The number of benzene rings is 1. The highest BCUT2D eigenvalue weighted by atomic mass is 32.2. The number of nitrogens with one attached hydrogen (secondary N) is 1. The monoisotopic (exact) mass is 303 g/mol. The highest BCUT2D eigenvalue weighted by molar-refractivity contribution is 8.15. The molecular formula is C15H17N3O2S. The van der Waals surface area contributed by atoms with Crippen LogP contribution in [0.25, 0.3) is 0 Å². The van der Waals surface area contributed by atoms with Gasteiger partial charge in [-0.3, -0.25) is 19.5 Å². The van der Waals surface area contributed by atoms with Crippen LogP contribution < -0.4 is 5.32 Å². The van der Waals surface area contributed by atoms with Crippen molar-refractivity contribution in [1.29, 1.82) is 0 Å². The van der Waals surface area contributed by atoms with Gasteiger partial charge < -0.3 is 5.32 Å². The molecule has 0 saturated carbocycles. The number of aliphatic imine (C=N–C) groups is 1. The Balaban J connectivity index is 1.78. The van der Waals surface area contributed by atoms with Crippen molar-refractivity contribution in [2.45, 2.75) is 19.1 Å². The number of hydrogen-bond acceptors (Lipinski definition) is 5. The Morgan fingerprint density at radius 3 is 2.67 bits per heavy atom. The highest BCUT2D eigenvalue weighted by Gasteiger charge is 2.33. The van der Waals surface area contributed by atoms with Crippen molar-refractivity contribution in [3.05, 3.63) is 29.3 Å². The molecule has 0 bridgehead atoms. The maximum absolute atomic E-state index is 12.0. The number of amidine groups is 1. The first kappa shape index (κ1) is 14.1. The second kappa shape index (κ2) is 5.18. The molecule has 2 heterocycles. The van der Waals surface area contributed by atoms with Gasteiger partial charge in [0.25, 0.3) is 11.8 Å². The number of carbonyl (C=O) groups excluding carboxylic acids is 2. The van der Waals surface area contributed by atoms with Gasteiger partial charge in [-0.05, 0) is 24.1 Å². The molecule has 0 aromatic heterocycles. The Bertz CT molecular complexity index is 654. The fourth-order valence-electron chi connectivity index (χ4n) is 2.37. The molecule has 0 aliphatic carbocycles. The lowest BCUT2D eigenvalue weighted by Crippen LogP contribution is -2.24. The Morgan fingerprint density at radius 2 is 2.00 bits per heavy atom. The molecule has 1 unspecified atom stereocenters. The highest BCUT2D eigenvalue weighted by Crippen LogP contribution is 2.29. The van der Waals surface area contributed by atoms with Gasteiger partial charge in [0.2, 0.25) is 0 Å². The molecule has 21 heavy (non-hydrogen) atoms. The number of amides is 2. The van der Waals surface area contributed by atoms with Gasteiger partial charge in [0.15, 0.2) is 5.17 Å². The lowest BCUT2D eigenvalue weighted by atomic mass is 10.1. The minimum atomic E-state index is -0.250. The van der Waals surface area contributed by atoms with Crippen molar-refractivity contribution in [3.63, 3.8) is 0 Å². The predicted molar refractivity (Wildman–Crippen MR) is 85.0 cm³/mol. The van der Waals surface area contributed by atoms with Crippen molar-refractivity contribution >= 4 is 34.4 Å². The van der Waals surface area contributed by atoms with E-state index in [0.29, 0.717) is 22.3 Å². The van der Waals surface area contributed by atoms with Crippen molar-refractivity contribution in [2.75, 3.05) is 18.9 Å². The van der Waals surface area contributed by atoms with E-state index >= 15 is 0 Å². The second-order valence-corrected chi connectivity index (χ2v) is 6.83. The molecule has 2 aliphatic heterocycles. The summed E-state index contributed by atoms with van der Waals surface area (Å²) in [5.41, 5.74) is 1.71. The summed E-state index contributed by atoms with van der Waals surface area (Å²) in [4.78, 5) is 29.4. The van der Waals surface area contributed by atoms with E-state index in [4.69, 9.17) is 0 Å². The molecule has 2 aliphatic rings. The van der Waals surface area contributed by atoms with Gasteiger partial charge in [0.1, 0.15) is 0 Å². The zero-order chi connectivity index (χ0) is 15.1. The number of imide groups is 1. The fourth-order valence-corrected chi connectivity index (χ4v) is 3.40. The third-order valence-corrected chi connectivity index (χ3v) is 5.21. The van der Waals surface area contributed by atoms with E-state index in [2.05, 4.69) is 24.2 Å². The first-order chi connectivity index (χ1) is 9.97. The van der Waals surface area contributed by atoms with Crippen LogP contribution in [0.15, 0.2) is 23.2 Å². The third kappa shape index (κ3) is 2.44. The number of nitrogens with zero attached hydrogens (tertiary/aromatic N) is 2. The first-order valence-electron chi connectivity index (χ1n) is 6.92. The minimum Gasteiger partial charge on any atom is -0.335 e. The van der Waals surface area contributed by atoms with E-state index in [1.54, 1.807) is 23.9 Å². The topological polar surface area (TPSA) is 61.8 Å². The molecule has 3 rings (SSSR count). The molecule has 0 fully saturated rings. The van der Waals surface area contributed by atoms with Crippen molar-refractivity contribution in [2.24, 2.45) is 10.9 Å². The number of thioether (sulfide) groups is 1. The van der Waals surface area contributed by atoms with Crippen LogP contribution in [0.1, 0.15) is 34.6 Å². The smallest absolute Gasteiger partial charge is 0.261 e. The van der Waals surface area contributed by atoms with E-state index in [1.807, 2.05) is 6.07 Å². The standard InChI is InChI=1S/C15H17N3O2S/c1-8(2)12-7-16-15(21-12)17-9-4-5-10-11(6-9)14(20)18(3)13(10)19/h4-6,8,12H,7H2,1-3H3,(H,16,17). The number of rotatable bonds is 2. The van der Waals surface area contributed by atoms with Gasteiger partial charge in [-0.25, -0.2) is 0 Å². The number of anilines is 1. The Morgan fingerprint density at radius 1 is 1.29 bits per heavy atom. The summed E-state index contributed by atoms with van der Waals surface area (Å²) in [6, 6.07) is 5.24. The van der Waals surface area contributed by atoms with E-state index in [1.165, 1.54) is 7.05 Å². The van der Waals surface area contributed by atoms with Gasteiger partial charge in [-0.15, -0.1) is 0 Å². The summed E-state index contributed by atoms with van der Waals surface area (Å²) < 4.78 is 0. The molecule has 0 spiro atoms. The number of fused-ring (bicyclic) bond motifs is 1.